The SMILES string of the molecule is CC(C)(C=O)n1cc(Br)c(-c2ncccn2)n1. The molecule has 88 valence electrons. The van der Waals surface area contributed by atoms with Crippen molar-refractivity contribution in [3.63, 3.8) is 0 Å². The second-order valence-electron chi connectivity index (χ2n) is 4.11. The fraction of sp³-hybridized carbons (Fsp3) is 0.273. The van der Waals surface area contributed by atoms with Crippen molar-refractivity contribution in [1.29, 1.82) is 0 Å². The predicted octanol–water partition coefficient (Wildman–Crippen LogP) is 2.04. The van der Waals surface area contributed by atoms with Gasteiger partial charge in [0.1, 0.15) is 17.5 Å². The zero-order valence-corrected chi connectivity index (χ0v) is 11.0. The van der Waals surface area contributed by atoms with Crippen LogP contribution in [-0.4, -0.2) is 26.0 Å². The Morgan fingerprint density at radius 2 is 2.00 bits per heavy atom. The zero-order valence-electron chi connectivity index (χ0n) is 9.46. The summed E-state index contributed by atoms with van der Waals surface area (Å²) in [7, 11) is 0. The third-order valence-corrected chi connectivity index (χ3v) is 2.91. The highest BCUT2D eigenvalue weighted by Crippen LogP contribution is 2.26. The first-order valence-electron chi connectivity index (χ1n) is 5.04. The Morgan fingerprint density at radius 3 is 2.59 bits per heavy atom. The van der Waals surface area contributed by atoms with E-state index < -0.39 is 5.54 Å². The standard InChI is InChI=1S/C11H11BrN4O/c1-11(2,7-17)16-6-8(12)9(15-16)10-13-4-3-5-14-10/h3-7H,1-2H3. The van der Waals surface area contributed by atoms with Gasteiger partial charge in [-0.2, -0.15) is 5.10 Å². The number of halogens is 1. The van der Waals surface area contributed by atoms with Gasteiger partial charge in [-0.1, -0.05) is 0 Å². The minimum Gasteiger partial charge on any atom is -0.301 e. The molecule has 17 heavy (non-hydrogen) atoms. The van der Waals surface area contributed by atoms with Gasteiger partial charge in [-0.3, -0.25) is 4.68 Å². The minimum absolute atomic E-state index is 0.528. The first-order valence-corrected chi connectivity index (χ1v) is 5.83. The largest absolute Gasteiger partial charge is 0.301 e. The van der Waals surface area contributed by atoms with Crippen LogP contribution in [0.2, 0.25) is 0 Å². The van der Waals surface area contributed by atoms with Crippen molar-refractivity contribution in [3.05, 3.63) is 29.1 Å². The van der Waals surface area contributed by atoms with Gasteiger partial charge in [0.05, 0.1) is 4.47 Å². The number of rotatable bonds is 3. The summed E-state index contributed by atoms with van der Waals surface area (Å²) in [5.74, 6) is 0.528. The number of carbonyl (C=O) groups excluding carboxylic acids is 1. The van der Waals surface area contributed by atoms with Crippen LogP contribution in [0.25, 0.3) is 11.5 Å². The van der Waals surface area contributed by atoms with Gasteiger partial charge in [0.25, 0.3) is 0 Å². The van der Waals surface area contributed by atoms with E-state index in [9.17, 15) is 4.79 Å². The van der Waals surface area contributed by atoms with E-state index in [0.717, 1.165) is 10.8 Å². The highest BCUT2D eigenvalue weighted by molar-refractivity contribution is 9.10. The molecule has 0 radical (unpaired) electrons. The Bertz CT molecular complexity index is 536. The van der Waals surface area contributed by atoms with Gasteiger partial charge in [0, 0.05) is 18.6 Å². The van der Waals surface area contributed by atoms with Gasteiger partial charge < -0.3 is 4.79 Å². The molecule has 2 rings (SSSR count). The summed E-state index contributed by atoms with van der Waals surface area (Å²) in [6.07, 6.45) is 5.90. The molecule has 0 spiro atoms. The molecule has 0 amide bonds. The highest BCUT2D eigenvalue weighted by Gasteiger charge is 2.23. The molecule has 0 atom stereocenters. The van der Waals surface area contributed by atoms with E-state index >= 15 is 0 Å². The predicted molar refractivity (Wildman–Crippen MR) is 66.3 cm³/mol. The molecule has 0 saturated carbocycles. The van der Waals surface area contributed by atoms with Gasteiger partial charge in [0.2, 0.25) is 0 Å². The Labute approximate surface area is 107 Å². The molecule has 0 aromatic carbocycles. The molecule has 0 bridgehead atoms. The number of hydrogen-bond donors (Lipinski definition) is 0. The first kappa shape index (κ1) is 11.9. The minimum atomic E-state index is -0.685. The summed E-state index contributed by atoms with van der Waals surface area (Å²) in [4.78, 5) is 19.2. The van der Waals surface area contributed by atoms with Gasteiger partial charge in [0.15, 0.2) is 5.82 Å². The molecule has 0 saturated heterocycles. The number of hydrogen-bond acceptors (Lipinski definition) is 4. The number of nitrogens with zero attached hydrogens (tertiary/aromatic N) is 4. The van der Waals surface area contributed by atoms with Crippen molar-refractivity contribution in [2.75, 3.05) is 0 Å². The lowest BCUT2D eigenvalue weighted by Gasteiger charge is -2.16. The Kier molecular flexibility index (Phi) is 3.06. The molecular weight excluding hydrogens is 284 g/mol. The van der Waals surface area contributed by atoms with Gasteiger partial charge in [-0.05, 0) is 35.8 Å². The number of aromatic nitrogens is 4. The average molecular weight is 295 g/mol. The van der Waals surface area contributed by atoms with E-state index in [-0.39, 0.29) is 0 Å². The Balaban J connectivity index is 2.49. The van der Waals surface area contributed by atoms with E-state index in [1.165, 1.54) is 0 Å². The third kappa shape index (κ3) is 2.26. The molecule has 0 aliphatic heterocycles. The maximum absolute atomic E-state index is 11.0. The van der Waals surface area contributed by atoms with Crippen LogP contribution in [0.3, 0.4) is 0 Å². The van der Waals surface area contributed by atoms with Crippen LogP contribution in [0.5, 0.6) is 0 Å². The quantitative estimate of drug-likeness (QED) is 0.813. The topological polar surface area (TPSA) is 60.7 Å². The van der Waals surface area contributed by atoms with Crippen molar-refractivity contribution < 1.29 is 4.79 Å². The molecule has 6 heteroatoms. The third-order valence-electron chi connectivity index (χ3n) is 2.33. The van der Waals surface area contributed by atoms with Crippen molar-refractivity contribution in [2.24, 2.45) is 0 Å². The van der Waals surface area contributed by atoms with Crippen LogP contribution in [0.4, 0.5) is 0 Å². The lowest BCUT2D eigenvalue weighted by Crippen LogP contribution is -2.28. The molecule has 2 aromatic heterocycles. The summed E-state index contributed by atoms with van der Waals surface area (Å²) in [6, 6.07) is 1.74. The fourth-order valence-electron chi connectivity index (χ4n) is 1.28. The number of carbonyl (C=O) groups is 1. The Morgan fingerprint density at radius 1 is 1.35 bits per heavy atom. The summed E-state index contributed by atoms with van der Waals surface area (Å²) in [5, 5.41) is 4.34. The normalized spacial score (nSPS) is 11.5. The molecule has 0 fully saturated rings. The van der Waals surface area contributed by atoms with Gasteiger partial charge in [-0.15, -0.1) is 0 Å². The van der Waals surface area contributed by atoms with Crippen molar-refractivity contribution in [2.45, 2.75) is 19.4 Å². The van der Waals surface area contributed by atoms with Crippen LogP contribution in [0, 0.1) is 0 Å². The van der Waals surface area contributed by atoms with Crippen LogP contribution >= 0.6 is 15.9 Å². The van der Waals surface area contributed by atoms with E-state index in [2.05, 4.69) is 31.0 Å². The molecule has 0 aliphatic carbocycles. The van der Waals surface area contributed by atoms with Crippen LogP contribution < -0.4 is 0 Å². The van der Waals surface area contributed by atoms with Gasteiger partial charge in [-0.25, -0.2) is 9.97 Å². The molecule has 2 heterocycles. The van der Waals surface area contributed by atoms with E-state index in [1.54, 1.807) is 43.2 Å². The summed E-state index contributed by atoms with van der Waals surface area (Å²) >= 11 is 3.40. The van der Waals surface area contributed by atoms with Crippen LogP contribution in [0.15, 0.2) is 29.1 Å². The molecule has 0 N–H and O–H groups in total. The molecular formula is C11H11BrN4O. The fourth-order valence-corrected chi connectivity index (χ4v) is 1.73. The average Bonchev–Trinajstić information content (AvgIpc) is 2.73. The maximum Gasteiger partial charge on any atom is 0.181 e. The molecule has 0 unspecified atom stereocenters. The lowest BCUT2D eigenvalue weighted by molar-refractivity contribution is -0.114. The van der Waals surface area contributed by atoms with Crippen molar-refractivity contribution >= 4 is 22.2 Å². The number of aldehydes is 1. The summed E-state index contributed by atoms with van der Waals surface area (Å²) in [6.45, 7) is 3.57. The summed E-state index contributed by atoms with van der Waals surface area (Å²) < 4.78 is 2.36. The van der Waals surface area contributed by atoms with E-state index in [4.69, 9.17) is 0 Å². The van der Waals surface area contributed by atoms with Crippen molar-refractivity contribution in [3.8, 4) is 11.5 Å². The molecule has 5 nitrogen and oxygen atoms in total. The summed E-state index contributed by atoms with van der Waals surface area (Å²) in [5.41, 5.74) is -0.0595. The smallest absolute Gasteiger partial charge is 0.181 e. The second kappa shape index (κ2) is 4.37. The van der Waals surface area contributed by atoms with Crippen LogP contribution in [0.1, 0.15) is 13.8 Å². The second-order valence-corrected chi connectivity index (χ2v) is 4.97. The zero-order chi connectivity index (χ0) is 12.5. The monoisotopic (exact) mass is 294 g/mol. The first-order chi connectivity index (χ1) is 8.04. The van der Waals surface area contributed by atoms with Gasteiger partial charge >= 0.3 is 0 Å². The Hall–Kier alpha value is -1.56. The molecule has 2 aromatic rings. The van der Waals surface area contributed by atoms with E-state index in [1.807, 2.05) is 0 Å². The maximum atomic E-state index is 11.0. The lowest BCUT2D eigenvalue weighted by atomic mass is 10.1. The molecule has 0 aliphatic rings. The van der Waals surface area contributed by atoms with E-state index in [0.29, 0.717) is 11.5 Å². The van der Waals surface area contributed by atoms with Crippen molar-refractivity contribution in [1.82, 2.24) is 19.7 Å². The highest BCUT2D eigenvalue weighted by atomic mass is 79.9. The van der Waals surface area contributed by atoms with Crippen LogP contribution in [-0.2, 0) is 10.3 Å².